The van der Waals surface area contributed by atoms with Crippen LogP contribution in [0.25, 0.3) is 0 Å². The van der Waals surface area contributed by atoms with Crippen LogP contribution in [0, 0.1) is 0 Å². The largest absolute Gasteiger partial charge is 0.381 e. The molecule has 1 heteroatoms. The van der Waals surface area contributed by atoms with Crippen LogP contribution in [0.1, 0.15) is 245 Å². The van der Waals surface area contributed by atoms with Crippen LogP contribution in [-0.2, 0) is 4.74 Å². The first-order chi connectivity index (χ1) is 22.4. The van der Waals surface area contributed by atoms with Gasteiger partial charge in [-0.15, -0.1) is 0 Å². The van der Waals surface area contributed by atoms with Gasteiger partial charge in [-0.05, 0) is 64.2 Å². The van der Waals surface area contributed by atoms with Crippen molar-refractivity contribution in [3.05, 3.63) is 24.3 Å². The summed E-state index contributed by atoms with van der Waals surface area (Å²) in [6.45, 7) is 6.56. The van der Waals surface area contributed by atoms with E-state index >= 15 is 0 Å². The molecule has 0 N–H and O–H groups in total. The van der Waals surface area contributed by atoms with Crippen molar-refractivity contribution in [1.82, 2.24) is 0 Å². The molecule has 0 fully saturated rings. The minimum absolute atomic E-state index is 0.979. The lowest BCUT2D eigenvalue weighted by atomic mass is 10.0. The van der Waals surface area contributed by atoms with Gasteiger partial charge in [0.2, 0.25) is 0 Å². The summed E-state index contributed by atoms with van der Waals surface area (Å²) in [5.74, 6) is 0. The molecule has 0 aliphatic rings. The van der Waals surface area contributed by atoms with Gasteiger partial charge in [0.1, 0.15) is 0 Å². The number of hydrogen-bond acceptors (Lipinski definition) is 1. The van der Waals surface area contributed by atoms with E-state index in [1.807, 2.05) is 0 Å². The summed E-state index contributed by atoms with van der Waals surface area (Å²) < 4.78 is 5.88. The maximum absolute atomic E-state index is 5.88. The standard InChI is InChI=1S/C44H86O/c1-3-5-7-9-11-13-15-17-19-21-22-23-24-25-26-27-28-30-32-34-36-38-40-42-44-45-43-41-39-37-35-33-31-29-20-18-16-14-12-10-8-6-4-2/h18,20,27-28H,3-17,19,21-26,29-44H2,1-2H3/b20-18-,28-27-. The highest BCUT2D eigenvalue weighted by atomic mass is 16.5. The normalized spacial score (nSPS) is 12.0. The molecule has 268 valence electrons. The zero-order valence-corrected chi connectivity index (χ0v) is 31.6. The summed E-state index contributed by atoms with van der Waals surface area (Å²) in [4.78, 5) is 0. The Bertz CT molecular complexity index is 549. The van der Waals surface area contributed by atoms with Crippen molar-refractivity contribution < 1.29 is 4.74 Å². The highest BCUT2D eigenvalue weighted by Crippen LogP contribution is 2.14. The summed E-state index contributed by atoms with van der Waals surface area (Å²) in [6.07, 6.45) is 60.1. The van der Waals surface area contributed by atoms with Crippen molar-refractivity contribution in [2.75, 3.05) is 13.2 Å². The first-order valence-corrected chi connectivity index (χ1v) is 21.3. The Labute approximate surface area is 286 Å². The van der Waals surface area contributed by atoms with Gasteiger partial charge in [0, 0.05) is 13.2 Å². The molecular formula is C44H86O. The van der Waals surface area contributed by atoms with Gasteiger partial charge in [0.05, 0.1) is 0 Å². The molecule has 0 aliphatic carbocycles. The Morgan fingerprint density at radius 1 is 0.244 bits per heavy atom. The van der Waals surface area contributed by atoms with Crippen LogP contribution in [0.4, 0.5) is 0 Å². The molecule has 0 aromatic heterocycles. The second-order valence-electron chi connectivity index (χ2n) is 14.3. The molecule has 0 saturated carbocycles. The molecule has 0 radical (unpaired) electrons. The van der Waals surface area contributed by atoms with Crippen LogP contribution in [0.15, 0.2) is 24.3 Å². The lowest BCUT2D eigenvalue weighted by Gasteiger charge is -2.05. The lowest BCUT2D eigenvalue weighted by Crippen LogP contribution is -1.97. The molecule has 0 bridgehead atoms. The molecular weight excluding hydrogens is 544 g/mol. The molecule has 0 atom stereocenters. The SMILES string of the molecule is CCCCCCCC/C=C\CCCCCCCCOCCCCCCCC/C=C\CCCCCCCCCCCCCCCC. The molecule has 0 rings (SSSR count). The third-order valence-corrected chi connectivity index (χ3v) is 9.60. The van der Waals surface area contributed by atoms with Gasteiger partial charge in [-0.1, -0.05) is 205 Å². The molecule has 0 aromatic rings. The van der Waals surface area contributed by atoms with Crippen LogP contribution < -0.4 is 0 Å². The minimum atomic E-state index is 0.979. The number of allylic oxidation sites excluding steroid dienone is 4. The maximum atomic E-state index is 5.88. The van der Waals surface area contributed by atoms with Gasteiger partial charge >= 0.3 is 0 Å². The molecule has 0 amide bonds. The first-order valence-electron chi connectivity index (χ1n) is 21.3. The number of rotatable bonds is 40. The molecule has 1 nitrogen and oxygen atoms in total. The summed E-state index contributed by atoms with van der Waals surface area (Å²) in [6, 6.07) is 0. The van der Waals surface area contributed by atoms with Gasteiger partial charge in [0.25, 0.3) is 0 Å². The quantitative estimate of drug-likeness (QED) is 0.0483. The second kappa shape index (κ2) is 43.4. The Morgan fingerprint density at radius 2 is 0.444 bits per heavy atom. The van der Waals surface area contributed by atoms with E-state index < -0.39 is 0 Å². The molecule has 0 unspecified atom stereocenters. The molecule has 45 heavy (non-hydrogen) atoms. The summed E-state index contributed by atoms with van der Waals surface area (Å²) in [5, 5.41) is 0. The fourth-order valence-corrected chi connectivity index (χ4v) is 6.42. The van der Waals surface area contributed by atoms with E-state index in [-0.39, 0.29) is 0 Å². The fraction of sp³-hybridized carbons (Fsp3) is 0.909. The zero-order chi connectivity index (χ0) is 32.4. The van der Waals surface area contributed by atoms with E-state index in [9.17, 15) is 0 Å². The van der Waals surface area contributed by atoms with Crippen LogP contribution in [0.3, 0.4) is 0 Å². The summed E-state index contributed by atoms with van der Waals surface area (Å²) >= 11 is 0. The van der Waals surface area contributed by atoms with E-state index in [0.717, 1.165) is 13.2 Å². The van der Waals surface area contributed by atoms with Crippen molar-refractivity contribution >= 4 is 0 Å². The predicted octanol–water partition coefficient (Wildman–Crippen LogP) is 16.2. The van der Waals surface area contributed by atoms with Gasteiger partial charge in [0.15, 0.2) is 0 Å². The van der Waals surface area contributed by atoms with Crippen LogP contribution in [-0.4, -0.2) is 13.2 Å². The molecule has 0 aliphatic heterocycles. The fourth-order valence-electron chi connectivity index (χ4n) is 6.42. The van der Waals surface area contributed by atoms with E-state index in [4.69, 9.17) is 4.74 Å². The van der Waals surface area contributed by atoms with Crippen LogP contribution >= 0.6 is 0 Å². The van der Waals surface area contributed by atoms with Gasteiger partial charge in [-0.25, -0.2) is 0 Å². The van der Waals surface area contributed by atoms with E-state index in [1.165, 1.54) is 231 Å². The monoisotopic (exact) mass is 631 g/mol. The smallest absolute Gasteiger partial charge is 0.0466 e. The van der Waals surface area contributed by atoms with E-state index in [0.29, 0.717) is 0 Å². The maximum Gasteiger partial charge on any atom is 0.0466 e. The summed E-state index contributed by atoms with van der Waals surface area (Å²) in [5.41, 5.74) is 0. The van der Waals surface area contributed by atoms with Crippen LogP contribution in [0.2, 0.25) is 0 Å². The Morgan fingerprint density at radius 3 is 0.689 bits per heavy atom. The number of hydrogen-bond donors (Lipinski definition) is 0. The Kier molecular flexibility index (Phi) is 42.9. The van der Waals surface area contributed by atoms with Gasteiger partial charge in [-0.2, -0.15) is 0 Å². The Hall–Kier alpha value is -0.560. The Balaban J connectivity index is 3.11. The van der Waals surface area contributed by atoms with Crippen molar-refractivity contribution in [2.45, 2.75) is 245 Å². The van der Waals surface area contributed by atoms with Gasteiger partial charge in [-0.3, -0.25) is 0 Å². The average molecular weight is 631 g/mol. The minimum Gasteiger partial charge on any atom is -0.381 e. The average Bonchev–Trinajstić information content (AvgIpc) is 3.05. The topological polar surface area (TPSA) is 9.23 Å². The van der Waals surface area contributed by atoms with Crippen LogP contribution in [0.5, 0.6) is 0 Å². The highest BCUT2D eigenvalue weighted by Gasteiger charge is 1.96. The van der Waals surface area contributed by atoms with Crippen molar-refractivity contribution in [1.29, 1.82) is 0 Å². The third kappa shape index (κ3) is 43.4. The van der Waals surface area contributed by atoms with Gasteiger partial charge < -0.3 is 4.74 Å². The molecule has 0 heterocycles. The first kappa shape index (κ1) is 44.4. The van der Waals surface area contributed by atoms with Crippen molar-refractivity contribution in [3.63, 3.8) is 0 Å². The molecule has 0 saturated heterocycles. The predicted molar refractivity (Wildman–Crippen MR) is 207 cm³/mol. The second-order valence-corrected chi connectivity index (χ2v) is 14.3. The van der Waals surface area contributed by atoms with E-state index in [1.54, 1.807) is 0 Å². The van der Waals surface area contributed by atoms with E-state index in [2.05, 4.69) is 38.2 Å². The highest BCUT2D eigenvalue weighted by molar-refractivity contribution is 4.82. The molecule has 0 spiro atoms. The number of unbranched alkanes of at least 4 members (excludes halogenated alkanes) is 32. The summed E-state index contributed by atoms with van der Waals surface area (Å²) in [7, 11) is 0. The number of ether oxygens (including phenoxy) is 1. The molecule has 0 aromatic carbocycles. The third-order valence-electron chi connectivity index (χ3n) is 9.60. The lowest BCUT2D eigenvalue weighted by molar-refractivity contribution is 0.125. The van der Waals surface area contributed by atoms with Crippen molar-refractivity contribution in [3.8, 4) is 0 Å². The zero-order valence-electron chi connectivity index (χ0n) is 31.6. The van der Waals surface area contributed by atoms with Crippen molar-refractivity contribution in [2.24, 2.45) is 0 Å².